The van der Waals surface area contributed by atoms with E-state index in [0.29, 0.717) is 0 Å². The maximum Gasteiger partial charge on any atom is 0.328 e. The molecule has 1 atom stereocenters. The minimum absolute atomic E-state index is 0.615. The number of halogens is 1. The molecule has 0 amide bonds. The lowest BCUT2D eigenvalue weighted by Gasteiger charge is -2.08. The van der Waals surface area contributed by atoms with Crippen LogP contribution in [0.3, 0.4) is 0 Å². The molecule has 0 aliphatic rings. The third-order valence-corrected chi connectivity index (χ3v) is 2.49. The fourth-order valence-electron chi connectivity index (χ4n) is 0.897. The molecule has 0 spiro atoms. The summed E-state index contributed by atoms with van der Waals surface area (Å²) in [6, 6.07) is -0.615. The van der Waals surface area contributed by atoms with Gasteiger partial charge in [-0.2, -0.15) is 5.10 Å². The molecule has 5 heteroatoms. The van der Waals surface area contributed by atoms with Gasteiger partial charge in [-0.1, -0.05) is 0 Å². The van der Waals surface area contributed by atoms with Crippen molar-refractivity contribution in [2.75, 3.05) is 0 Å². The Morgan fingerprint density at radius 2 is 2.42 bits per heavy atom. The monoisotopic (exact) mass is 232 g/mol. The van der Waals surface area contributed by atoms with Gasteiger partial charge in [0.05, 0.1) is 16.4 Å². The molecular formula is C7H9BrN2O2. The van der Waals surface area contributed by atoms with Crippen molar-refractivity contribution in [3.05, 3.63) is 16.4 Å². The van der Waals surface area contributed by atoms with Gasteiger partial charge in [0.15, 0.2) is 0 Å². The van der Waals surface area contributed by atoms with Crippen LogP contribution < -0.4 is 0 Å². The van der Waals surface area contributed by atoms with Gasteiger partial charge in [0, 0.05) is 0 Å². The summed E-state index contributed by atoms with van der Waals surface area (Å²) in [4.78, 5) is 10.6. The van der Waals surface area contributed by atoms with E-state index in [1.54, 1.807) is 13.1 Å². The Hall–Kier alpha value is -0.840. The summed E-state index contributed by atoms with van der Waals surface area (Å²) in [7, 11) is 0. The number of rotatable bonds is 2. The van der Waals surface area contributed by atoms with Gasteiger partial charge in [0.25, 0.3) is 0 Å². The van der Waals surface area contributed by atoms with Gasteiger partial charge in [-0.15, -0.1) is 0 Å². The van der Waals surface area contributed by atoms with E-state index in [4.69, 9.17) is 5.11 Å². The summed E-state index contributed by atoms with van der Waals surface area (Å²) in [6.45, 7) is 3.41. The Morgan fingerprint density at radius 1 is 1.83 bits per heavy atom. The molecular weight excluding hydrogens is 224 g/mol. The summed E-state index contributed by atoms with van der Waals surface area (Å²) in [5.41, 5.74) is 0.824. The number of aromatic nitrogens is 2. The molecule has 0 radical (unpaired) electrons. The Bertz CT molecular complexity index is 308. The van der Waals surface area contributed by atoms with Crippen molar-refractivity contribution >= 4 is 21.9 Å². The van der Waals surface area contributed by atoms with E-state index in [2.05, 4.69) is 21.0 Å². The zero-order valence-electron chi connectivity index (χ0n) is 6.78. The fraction of sp³-hybridized carbons (Fsp3) is 0.429. The van der Waals surface area contributed by atoms with Crippen molar-refractivity contribution in [2.45, 2.75) is 19.9 Å². The van der Waals surface area contributed by atoms with Gasteiger partial charge in [0.2, 0.25) is 0 Å². The van der Waals surface area contributed by atoms with Crippen LogP contribution in [0.2, 0.25) is 0 Å². The summed E-state index contributed by atoms with van der Waals surface area (Å²) >= 11 is 3.26. The molecule has 0 aliphatic carbocycles. The average molecular weight is 233 g/mol. The Balaban J connectivity index is 3.03. The number of hydrogen-bond donors (Lipinski definition) is 1. The van der Waals surface area contributed by atoms with Crippen molar-refractivity contribution in [3.63, 3.8) is 0 Å². The van der Waals surface area contributed by atoms with E-state index < -0.39 is 12.0 Å². The second kappa shape index (κ2) is 3.26. The van der Waals surface area contributed by atoms with Crippen LogP contribution in [0.1, 0.15) is 18.7 Å². The Morgan fingerprint density at radius 3 is 2.75 bits per heavy atom. The molecule has 0 saturated heterocycles. The van der Waals surface area contributed by atoms with Crippen molar-refractivity contribution < 1.29 is 9.90 Å². The zero-order valence-corrected chi connectivity index (χ0v) is 8.37. The first kappa shape index (κ1) is 9.25. The minimum Gasteiger partial charge on any atom is -0.480 e. The second-order valence-corrected chi connectivity index (χ2v) is 3.39. The highest BCUT2D eigenvalue weighted by molar-refractivity contribution is 9.10. The van der Waals surface area contributed by atoms with Crippen molar-refractivity contribution in [2.24, 2.45) is 0 Å². The van der Waals surface area contributed by atoms with Crippen LogP contribution in [0.4, 0.5) is 0 Å². The predicted molar refractivity (Wildman–Crippen MR) is 47.0 cm³/mol. The topological polar surface area (TPSA) is 55.1 Å². The van der Waals surface area contributed by atoms with Gasteiger partial charge in [-0.3, -0.25) is 4.68 Å². The van der Waals surface area contributed by atoms with Crippen LogP contribution in [0.5, 0.6) is 0 Å². The quantitative estimate of drug-likeness (QED) is 0.843. The van der Waals surface area contributed by atoms with Crippen LogP contribution in [-0.4, -0.2) is 20.9 Å². The van der Waals surface area contributed by atoms with Crippen molar-refractivity contribution in [3.8, 4) is 0 Å². The summed E-state index contributed by atoms with van der Waals surface area (Å²) in [6.07, 6.45) is 1.59. The van der Waals surface area contributed by atoms with Crippen LogP contribution in [0.15, 0.2) is 10.7 Å². The Kier molecular flexibility index (Phi) is 2.52. The zero-order chi connectivity index (χ0) is 9.30. The fourth-order valence-corrected chi connectivity index (χ4v) is 1.17. The van der Waals surface area contributed by atoms with Crippen LogP contribution >= 0.6 is 15.9 Å². The second-order valence-electron chi connectivity index (χ2n) is 2.54. The summed E-state index contributed by atoms with van der Waals surface area (Å²) < 4.78 is 2.29. The van der Waals surface area contributed by atoms with E-state index in [1.165, 1.54) is 4.68 Å². The predicted octanol–water partition coefficient (Wildman–Crippen LogP) is 1.60. The van der Waals surface area contributed by atoms with E-state index in [9.17, 15) is 4.79 Å². The number of nitrogens with zero attached hydrogens (tertiary/aromatic N) is 2. The maximum absolute atomic E-state index is 10.6. The highest BCUT2D eigenvalue weighted by Gasteiger charge is 2.16. The summed E-state index contributed by atoms with van der Waals surface area (Å²) in [5, 5.41) is 12.6. The number of carboxylic acid groups (broad SMARTS) is 1. The highest BCUT2D eigenvalue weighted by atomic mass is 79.9. The van der Waals surface area contributed by atoms with Crippen LogP contribution in [0, 0.1) is 6.92 Å². The molecule has 0 aromatic carbocycles. The van der Waals surface area contributed by atoms with E-state index >= 15 is 0 Å². The van der Waals surface area contributed by atoms with Crippen molar-refractivity contribution in [1.82, 2.24) is 9.78 Å². The van der Waals surface area contributed by atoms with Gasteiger partial charge < -0.3 is 5.11 Å². The first-order valence-corrected chi connectivity index (χ1v) is 4.25. The lowest BCUT2D eigenvalue weighted by molar-refractivity contribution is -0.140. The maximum atomic E-state index is 10.6. The number of hydrogen-bond acceptors (Lipinski definition) is 2. The highest BCUT2D eigenvalue weighted by Crippen LogP contribution is 2.18. The van der Waals surface area contributed by atoms with Gasteiger partial charge in [-0.05, 0) is 29.8 Å². The Labute approximate surface area is 78.3 Å². The summed E-state index contributed by atoms with van der Waals surface area (Å²) in [5.74, 6) is -0.881. The molecule has 1 N–H and O–H groups in total. The molecule has 0 unspecified atom stereocenters. The molecule has 4 nitrogen and oxygen atoms in total. The van der Waals surface area contributed by atoms with Gasteiger partial charge in [0.1, 0.15) is 6.04 Å². The first-order chi connectivity index (χ1) is 5.54. The molecule has 12 heavy (non-hydrogen) atoms. The van der Waals surface area contributed by atoms with Crippen LogP contribution in [0.25, 0.3) is 0 Å². The standard InChI is InChI=1S/C7H9BrN2O2/c1-4-6(8)3-9-10(4)5(2)7(11)12/h3,5H,1-2H3,(H,11,12)/t5-/m0/s1. The average Bonchev–Trinajstić information content (AvgIpc) is 2.32. The molecule has 1 aromatic heterocycles. The first-order valence-electron chi connectivity index (χ1n) is 3.46. The molecule has 0 bridgehead atoms. The lowest BCUT2D eigenvalue weighted by Crippen LogP contribution is -2.17. The molecule has 1 heterocycles. The molecule has 0 saturated carbocycles. The number of carboxylic acids is 1. The third-order valence-electron chi connectivity index (χ3n) is 1.71. The third kappa shape index (κ3) is 1.50. The molecule has 0 aliphatic heterocycles. The largest absolute Gasteiger partial charge is 0.480 e. The molecule has 1 aromatic rings. The lowest BCUT2D eigenvalue weighted by atomic mass is 10.3. The smallest absolute Gasteiger partial charge is 0.328 e. The number of aliphatic carboxylic acids is 1. The van der Waals surface area contributed by atoms with E-state index in [-0.39, 0.29) is 0 Å². The van der Waals surface area contributed by atoms with Crippen molar-refractivity contribution in [1.29, 1.82) is 0 Å². The molecule has 1 rings (SSSR count). The van der Waals surface area contributed by atoms with E-state index in [0.717, 1.165) is 10.2 Å². The van der Waals surface area contributed by atoms with Gasteiger partial charge >= 0.3 is 5.97 Å². The van der Waals surface area contributed by atoms with E-state index in [1.807, 2.05) is 6.92 Å². The SMILES string of the molecule is Cc1c(Br)cnn1[C@@H](C)C(=O)O. The van der Waals surface area contributed by atoms with Gasteiger partial charge in [-0.25, -0.2) is 4.79 Å². The minimum atomic E-state index is -0.881. The van der Waals surface area contributed by atoms with Crippen LogP contribution in [-0.2, 0) is 4.79 Å². The molecule has 66 valence electrons. The number of carbonyl (C=O) groups is 1. The normalized spacial score (nSPS) is 12.9. The molecule has 0 fully saturated rings.